The molecule has 0 bridgehead atoms. The minimum absolute atomic E-state index is 1.11. The van der Waals surface area contributed by atoms with Gasteiger partial charge in [-0.2, -0.15) is 0 Å². The van der Waals surface area contributed by atoms with Crippen LogP contribution in [0.5, 0.6) is 0 Å². The summed E-state index contributed by atoms with van der Waals surface area (Å²) in [6, 6.07) is 8.57. The molecule has 0 saturated carbocycles. The van der Waals surface area contributed by atoms with Gasteiger partial charge in [0.2, 0.25) is 0 Å². The number of benzene rings is 1. The molecule has 0 fully saturated rings. The molecule has 0 atom stereocenters. The van der Waals surface area contributed by atoms with Crippen LogP contribution in [0.15, 0.2) is 30.8 Å². The Kier molecular flexibility index (Phi) is 2.48. The zero-order valence-corrected chi connectivity index (χ0v) is 7.22. The van der Waals surface area contributed by atoms with E-state index in [9.17, 15) is 0 Å². The average molecular weight is 146 g/mol. The van der Waals surface area contributed by atoms with Crippen molar-refractivity contribution in [2.45, 2.75) is 20.3 Å². The van der Waals surface area contributed by atoms with E-state index in [4.69, 9.17) is 0 Å². The molecular weight excluding hydrogens is 132 g/mol. The molecule has 1 aromatic carbocycles. The van der Waals surface area contributed by atoms with Crippen molar-refractivity contribution in [1.29, 1.82) is 0 Å². The van der Waals surface area contributed by atoms with Crippen LogP contribution in [0.25, 0.3) is 5.57 Å². The molecule has 0 aliphatic heterocycles. The molecule has 1 rings (SSSR count). The fourth-order valence-corrected chi connectivity index (χ4v) is 1.02. The van der Waals surface area contributed by atoms with Gasteiger partial charge in [-0.05, 0) is 24.5 Å². The first-order valence-corrected chi connectivity index (χ1v) is 3.99. The van der Waals surface area contributed by atoms with E-state index in [-0.39, 0.29) is 0 Å². The van der Waals surface area contributed by atoms with Crippen molar-refractivity contribution in [2.75, 3.05) is 0 Å². The quantitative estimate of drug-likeness (QED) is 0.600. The van der Waals surface area contributed by atoms with Crippen LogP contribution in [0.1, 0.15) is 25.0 Å². The highest BCUT2D eigenvalue weighted by atomic mass is 14.0. The fourth-order valence-electron chi connectivity index (χ4n) is 1.02. The SMILES string of the molecule is C=C(C)c1ccc(CC)cc1. The molecule has 0 radical (unpaired) electrons. The van der Waals surface area contributed by atoms with Crippen LogP contribution in [0.3, 0.4) is 0 Å². The number of aryl methyl sites for hydroxylation is 1. The first kappa shape index (κ1) is 8.06. The Morgan fingerprint density at radius 1 is 1.27 bits per heavy atom. The van der Waals surface area contributed by atoms with Crippen LogP contribution in [-0.2, 0) is 6.42 Å². The molecule has 0 aliphatic carbocycles. The lowest BCUT2D eigenvalue weighted by molar-refractivity contribution is 1.14. The van der Waals surface area contributed by atoms with Crippen molar-refractivity contribution in [3.05, 3.63) is 42.0 Å². The summed E-state index contributed by atoms with van der Waals surface area (Å²) < 4.78 is 0. The maximum absolute atomic E-state index is 3.88. The van der Waals surface area contributed by atoms with Crippen LogP contribution in [0, 0.1) is 0 Å². The molecule has 0 aliphatic rings. The van der Waals surface area contributed by atoms with E-state index in [0.717, 1.165) is 12.0 Å². The normalized spacial score (nSPS) is 9.64. The zero-order chi connectivity index (χ0) is 8.27. The Balaban J connectivity index is 2.91. The predicted octanol–water partition coefficient (Wildman–Crippen LogP) is 3.28. The third-order valence-corrected chi connectivity index (χ3v) is 1.85. The first-order valence-electron chi connectivity index (χ1n) is 3.99. The van der Waals surface area contributed by atoms with Crippen LogP contribution < -0.4 is 0 Å². The Morgan fingerprint density at radius 3 is 2.18 bits per heavy atom. The molecular formula is C11H14. The van der Waals surface area contributed by atoms with Gasteiger partial charge < -0.3 is 0 Å². The van der Waals surface area contributed by atoms with Gasteiger partial charge in [0.25, 0.3) is 0 Å². The van der Waals surface area contributed by atoms with Gasteiger partial charge >= 0.3 is 0 Å². The maximum atomic E-state index is 3.88. The lowest BCUT2D eigenvalue weighted by Gasteiger charge is -2.00. The Labute approximate surface area is 68.6 Å². The number of allylic oxidation sites excluding steroid dienone is 1. The second-order valence-electron chi connectivity index (χ2n) is 2.83. The lowest BCUT2D eigenvalue weighted by Crippen LogP contribution is -1.81. The van der Waals surface area contributed by atoms with Crippen molar-refractivity contribution < 1.29 is 0 Å². The molecule has 0 heterocycles. The minimum atomic E-state index is 1.11. The van der Waals surface area contributed by atoms with Crippen LogP contribution in [0.4, 0.5) is 0 Å². The number of hydrogen-bond donors (Lipinski definition) is 0. The van der Waals surface area contributed by atoms with Gasteiger partial charge in [0, 0.05) is 0 Å². The summed E-state index contributed by atoms with van der Waals surface area (Å²) in [5.74, 6) is 0. The summed E-state index contributed by atoms with van der Waals surface area (Å²) >= 11 is 0. The monoisotopic (exact) mass is 146 g/mol. The average Bonchev–Trinajstić information content (AvgIpc) is 2.05. The van der Waals surface area contributed by atoms with E-state index in [1.54, 1.807) is 0 Å². The topological polar surface area (TPSA) is 0 Å². The molecule has 0 heteroatoms. The van der Waals surface area contributed by atoms with Crippen LogP contribution in [-0.4, -0.2) is 0 Å². The minimum Gasteiger partial charge on any atom is -0.0955 e. The summed E-state index contributed by atoms with van der Waals surface area (Å²) in [5, 5.41) is 0. The Bertz CT molecular complexity index is 241. The zero-order valence-electron chi connectivity index (χ0n) is 7.22. The Morgan fingerprint density at radius 2 is 1.82 bits per heavy atom. The highest BCUT2D eigenvalue weighted by Gasteiger charge is 1.91. The maximum Gasteiger partial charge on any atom is -0.0233 e. The molecule has 11 heavy (non-hydrogen) atoms. The van der Waals surface area contributed by atoms with E-state index in [1.165, 1.54) is 11.1 Å². The molecule has 0 spiro atoms. The van der Waals surface area contributed by atoms with Crippen molar-refractivity contribution >= 4 is 5.57 Å². The molecule has 0 saturated heterocycles. The van der Waals surface area contributed by atoms with Crippen molar-refractivity contribution in [1.82, 2.24) is 0 Å². The first-order chi connectivity index (χ1) is 5.24. The van der Waals surface area contributed by atoms with Gasteiger partial charge in [-0.1, -0.05) is 43.3 Å². The summed E-state index contributed by atoms with van der Waals surface area (Å²) in [4.78, 5) is 0. The van der Waals surface area contributed by atoms with Gasteiger partial charge in [0.1, 0.15) is 0 Å². The molecule has 0 amide bonds. The van der Waals surface area contributed by atoms with E-state index in [0.29, 0.717) is 0 Å². The number of rotatable bonds is 2. The molecule has 0 unspecified atom stereocenters. The molecule has 0 nitrogen and oxygen atoms in total. The van der Waals surface area contributed by atoms with E-state index in [2.05, 4.69) is 37.8 Å². The van der Waals surface area contributed by atoms with Crippen molar-refractivity contribution in [3.8, 4) is 0 Å². The second-order valence-corrected chi connectivity index (χ2v) is 2.83. The summed E-state index contributed by atoms with van der Waals surface area (Å²) in [7, 11) is 0. The van der Waals surface area contributed by atoms with Gasteiger partial charge in [-0.3, -0.25) is 0 Å². The van der Waals surface area contributed by atoms with Crippen molar-refractivity contribution in [2.24, 2.45) is 0 Å². The smallest absolute Gasteiger partial charge is 0.0233 e. The van der Waals surface area contributed by atoms with E-state index in [1.807, 2.05) is 6.92 Å². The molecule has 58 valence electrons. The van der Waals surface area contributed by atoms with Crippen LogP contribution in [0.2, 0.25) is 0 Å². The van der Waals surface area contributed by atoms with Gasteiger partial charge in [0.15, 0.2) is 0 Å². The van der Waals surface area contributed by atoms with Gasteiger partial charge in [-0.25, -0.2) is 0 Å². The van der Waals surface area contributed by atoms with E-state index >= 15 is 0 Å². The highest BCUT2D eigenvalue weighted by molar-refractivity contribution is 5.61. The largest absolute Gasteiger partial charge is 0.0955 e. The summed E-state index contributed by atoms with van der Waals surface area (Å²) in [6.07, 6.45) is 1.11. The molecule has 0 aromatic heterocycles. The predicted molar refractivity (Wildman–Crippen MR) is 50.5 cm³/mol. The highest BCUT2D eigenvalue weighted by Crippen LogP contribution is 2.12. The third kappa shape index (κ3) is 1.94. The fraction of sp³-hybridized carbons (Fsp3) is 0.273. The lowest BCUT2D eigenvalue weighted by atomic mass is 10.1. The van der Waals surface area contributed by atoms with Gasteiger partial charge in [-0.15, -0.1) is 0 Å². The summed E-state index contributed by atoms with van der Waals surface area (Å²) in [6.45, 7) is 8.07. The second kappa shape index (κ2) is 3.38. The molecule has 0 N–H and O–H groups in total. The third-order valence-electron chi connectivity index (χ3n) is 1.85. The summed E-state index contributed by atoms with van der Waals surface area (Å²) in [5.41, 5.74) is 3.75. The van der Waals surface area contributed by atoms with Crippen molar-refractivity contribution in [3.63, 3.8) is 0 Å². The number of hydrogen-bond acceptors (Lipinski definition) is 0. The van der Waals surface area contributed by atoms with E-state index < -0.39 is 0 Å². The van der Waals surface area contributed by atoms with Gasteiger partial charge in [0.05, 0.1) is 0 Å². The van der Waals surface area contributed by atoms with Crippen LogP contribution >= 0.6 is 0 Å². The standard InChI is InChI=1S/C11H14/c1-4-10-5-7-11(8-6-10)9(2)3/h5-8H,2,4H2,1,3H3. The molecule has 1 aromatic rings. The Hall–Kier alpha value is -1.04.